The molecule has 0 amide bonds. The number of rotatable bonds is 10. The van der Waals surface area contributed by atoms with E-state index in [0.29, 0.717) is 30.8 Å². The number of ether oxygens (including phenoxy) is 1. The minimum atomic E-state index is -0.622. The zero-order valence-corrected chi connectivity index (χ0v) is 20.7. The van der Waals surface area contributed by atoms with Crippen molar-refractivity contribution in [2.75, 3.05) is 0 Å². The van der Waals surface area contributed by atoms with Gasteiger partial charge in [0, 0.05) is 18.4 Å². The third-order valence-electron chi connectivity index (χ3n) is 5.13. The van der Waals surface area contributed by atoms with Crippen molar-refractivity contribution in [3.05, 3.63) is 33.8 Å². The molecule has 0 saturated heterocycles. The molecule has 0 fully saturated rings. The molecule has 0 aromatic heterocycles. The van der Waals surface area contributed by atoms with Gasteiger partial charge in [-0.3, -0.25) is 14.4 Å². The van der Waals surface area contributed by atoms with Crippen LogP contribution in [0.1, 0.15) is 88.0 Å². The maximum Gasteiger partial charge on any atom is 0.308 e. The van der Waals surface area contributed by atoms with E-state index in [9.17, 15) is 19.5 Å². The van der Waals surface area contributed by atoms with Gasteiger partial charge in [0.05, 0.1) is 5.57 Å². The number of hydrogen-bond acceptors (Lipinski definition) is 5. The summed E-state index contributed by atoms with van der Waals surface area (Å²) in [6, 6.07) is 0. The Hall–Kier alpha value is -2.17. The number of carbonyl (C=O) groups excluding carboxylic acids is 3. The number of hydrogen-bond donors (Lipinski definition) is 1. The highest BCUT2D eigenvalue weighted by atomic mass is 16.5. The van der Waals surface area contributed by atoms with Crippen LogP contribution >= 0.6 is 0 Å². The van der Waals surface area contributed by atoms with Crippen molar-refractivity contribution in [1.82, 2.24) is 0 Å². The second-order valence-electron chi connectivity index (χ2n) is 10.1. The van der Waals surface area contributed by atoms with E-state index < -0.39 is 17.7 Å². The van der Waals surface area contributed by atoms with Gasteiger partial charge >= 0.3 is 5.97 Å². The standard InChI is InChI=1S/C26H40O5/c1-14(2)10-11-20-24(29)21(19(12-15(3)4)13-16(5)6)25(30)22(23(28)17(7)8)26(20)31-18(9)27/h14-17,29H,10-13H2,1-9H3. The maximum absolute atomic E-state index is 13.6. The molecule has 0 saturated carbocycles. The first-order valence-electron chi connectivity index (χ1n) is 11.4. The molecule has 1 rings (SSSR count). The second kappa shape index (κ2) is 11.4. The van der Waals surface area contributed by atoms with Crippen molar-refractivity contribution >= 4 is 17.5 Å². The van der Waals surface area contributed by atoms with Crippen LogP contribution in [0.3, 0.4) is 0 Å². The Morgan fingerprint density at radius 3 is 1.81 bits per heavy atom. The van der Waals surface area contributed by atoms with Gasteiger partial charge in [0.25, 0.3) is 0 Å². The van der Waals surface area contributed by atoms with Crippen LogP contribution in [0.15, 0.2) is 33.8 Å². The molecule has 0 spiro atoms. The van der Waals surface area contributed by atoms with E-state index in [1.54, 1.807) is 13.8 Å². The van der Waals surface area contributed by atoms with Crippen LogP contribution < -0.4 is 0 Å². The maximum atomic E-state index is 13.6. The molecular weight excluding hydrogens is 392 g/mol. The zero-order chi connectivity index (χ0) is 24.0. The fraction of sp³-hybridized carbons (Fsp3) is 0.654. The van der Waals surface area contributed by atoms with E-state index in [4.69, 9.17) is 4.74 Å². The minimum absolute atomic E-state index is 0.0634. The molecule has 1 aliphatic rings. The van der Waals surface area contributed by atoms with Gasteiger partial charge in [-0.1, -0.05) is 61.0 Å². The predicted octanol–water partition coefficient (Wildman–Crippen LogP) is 6.25. The van der Waals surface area contributed by atoms with Gasteiger partial charge in [-0.2, -0.15) is 0 Å². The number of aliphatic hydroxyl groups is 1. The summed E-state index contributed by atoms with van der Waals surface area (Å²) >= 11 is 0. The fourth-order valence-corrected chi connectivity index (χ4v) is 3.78. The van der Waals surface area contributed by atoms with Gasteiger partial charge < -0.3 is 9.84 Å². The summed E-state index contributed by atoms with van der Waals surface area (Å²) in [5.41, 5.74) is 1.35. The topological polar surface area (TPSA) is 80.7 Å². The summed E-state index contributed by atoms with van der Waals surface area (Å²) in [4.78, 5) is 38.6. The van der Waals surface area contributed by atoms with Crippen LogP contribution in [0.4, 0.5) is 0 Å². The molecule has 0 radical (unpaired) electrons. The van der Waals surface area contributed by atoms with Gasteiger partial charge in [-0.15, -0.1) is 0 Å². The lowest BCUT2D eigenvalue weighted by atomic mass is 9.79. The van der Waals surface area contributed by atoms with Crippen LogP contribution in [0, 0.1) is 23.7 Å². The Bertz CT molecular complexity index is 792. The molecule has 174 valence electrons. The van der Waals surface area contributed by atoms with Gasteiger partial charge in [0.15, 0.2) is 11.5 Å². The summed E-state index contributed by atoms with van der Waals surface area (Å²) in [6.07, 6.45) is 2.42. The highest BCUT2D eigenvalue weighted by Crippen LogP contribution is 2.39. The number of Topliss-reactive ketones (excluding diaryl/α,β-unsaturated/α-hetero) is 2. The zero-order valence-electron chi connectivity index (χ0n) is 20.7. The minimum Gasteiger partial charge on any atom is -0.507 e. The van der Waals surface area contributed by atoms with E-state index >= 15 is 0 Å². The summed E-state index contributed by atoms with van der Waals surface area (Å²) in [7, 11) is 0. The van der Waals surface area contributed by atoms with Crippen molar-refractivity contribution in [2.24, 2.45) is 23.7 Å². The molecule has 0 bridgehead atoms. The second-order valence-corrected chi connectivity index (χ2v) is 10.1. The molecule has 0 aliphatic heterocycles. The van der Waals surface area contributed by atoms with Crippen LogP contribution in [0.5, 0.6) is 0 Å². The Balaban J connectivity index is 3.93. The van der Waals surface area contributed by atoms with Crippen LogP contribution in [0.2, 0.25) is 0 Å². The lowest BCUT2D eigenvalue weighted by molar-refractivity contribution is -0.136. The predicted molar refractivity (Wildman–Crippen MR) is 123 cm³/mol. The van der Waals surface area contributed by atoms with Gasteiger partial charge in [-0.05, 0) is 43.4 Å². The Morgan fingerprint density at radius 2 is 1.42 bits per heavy atom. The van der Waals surface area contributed by atoms with E-state index in [1.165, 1.54) is 6.92 Å². The molecule has 1 aliphatic carbocycles. The van der Waals surface area contributed by atoms with Crippen molar-refractivity contribution in [3.8, 4) is 0 Å². The first kappa shape index (κ1) is 26.9. The Labute approximate surface area is 187 Å². The lowest BCUT2D eigenvalue weighted by Crippen LogP contribution is -2.29. The molecule has 5 nitrogen and oxygen atoms in total. The van der Waals surface area contributed by atoms with Gasteiger partial charge in [0.1, 0.15) is 11.3 Å². The smallest absolute Gasteiger partial charge is 0.308 e. The normalized spacial score (nSPS) is 15.1. The quantitative estimate of drug-likeness (QED) is 0.251. The molecule has 0 aromatic carbocycles. The molecule has 31 heavy (non-hydrogen) atoms. The van der Waals surface area contributed by atoms with Crippen molar-refractivity contribution in [3.63, 3.8) is 0 Å². The number of allylic oxidation sites excluding steroid dienone is 4. The Morgan fingerprint density at radius 1 is 0.903 bits per heavy atom. The van der Waals surface area contributed by atoms with Crippen molar-refractivity contribution < 1.29 is 24.2 Å². The average molecular weight is 433 g/mol. The summed E-state index contributed by atoms with van der Waals surface area (Å²) in [5, 5.41) is 11.3. The van der Waals surface area contributed by atoms with E-state index in [0.717, 1.165) is 12.0 Å². The number of aliphatic hydroxyl groups excluding tert-OH is 1. The van der Waals surface area contributed by atoms with Crippen molar-refractivity contribution in [2.45, 2.75) is 88.0 Å². The van der Waals surface area contributed by atoms with E-state index in [-0.39, 0.29) is 40.3 Å². The number of carbonyl (C=O) groups is 3. The van der Waals surface area contributed by atoms with Gasteiger partial charge in [0.2, 0.25) is 5.78 Å². The lowest BCUT2D eigenvalue weighted by Gasteiger charge is -2.27. The fourth-order valence-electron chi connectivity index (χ4n) is 3.78. The van der Waals surface area contributed by atoms with Crippen LogP contribution in [0.25, 0.3) is 0 Å². The van der Waals surface area contributed by atoms with Crippen molar-refractivity contribution in [1.29, 1.82) is 0 Å². The van der Waals surface area contributed by atoms with Gasteiger partial charge in [-0.25, -0.2) is 0 Å². The molecule has 0 aromatic rings. The SMILES string of the molecule is CC(=O)OC1=C(C(=O)C(C)C)C(=O)C(=C(CC(C)C)CC(C)C)C(O)=C1CCC(C)C. The summed E-state index contributed by atoms with van der Waals surface area (Å²) in [6.45, 7) is 17.0. The molecular formula is C26H40O5. The van der Waals surface area contributed by atoms with E-state index in [1.807, 2.05) is 0 Å². The number of ketones is 2. The first-order valence-corrected chi connectivity index (χ1v) is 11.4. The summed E-state index contributed by atoms with van der Waals surface area (Å²) in [5.74, 6) is -1.28. The van der Waals surface area contributed by atoms with Crippen LogP contribution in [-0.4, -0.2) is 22.6 Å². The molecule has 5 heteroatoms. The number of esters is 1. The molecule has 0 atom stereocenters. The molecule has 0 unspecified atom stereocenters. The first-order chi connectivity index (χ1) is 14.3. The third kappa shape index (κ3) is 7.19. The average Bonchev–Trinajstić information content (AvgIpc) is 2.59. The Kier molecular flexibility index (Phi) is 9.92. The van der Waals surface area contributed by atoms with Crippen LogP contribution in [-0.2, 0) is 19.1 Å². The molecule has 0 heterocycles. The highest BCUT2D eigenvalue weighted by Gasteiger charge is 2.39. The van der Waals surface area contributed by atoms with E-state index in [2.05, 4.69) is 41.5 Å². The third-order valence-corrected chi connectivity index (χ3v) is 5.13. The molecule has 1 N–H and O–H groups in total. The highest BCUT2D eigenvalue weighted by molar-refractivity contribution is 6.29. The largest absolute Gasteiger partial charge is 0.507 e. The monoisotopic (exact) mass is 432 g/mol. The summed E-state index contributed by atoms with van der Waals surface area (Å²) < 4.78 is 5.41.